The first-order chi connectivity index (χ1) is 15.8. The topological polar surface area (TPSA) is 86.8 Å². The van der Waals surface area contributed by atoms with Crippen LogP contribution < -0.4 is 5.32 Å². The van der Waals surface area contributed by atoms with Gasteiger partial charge in [0, 0.05) is 31.2 Å². The number of nitrogens with one attached hydrogen (secondary N) is 1. The van der Waals surface area contributed by atoms with Crippen molar-refractivity contribution in [2.24, 2.45) is 5.92 Å². The third-order valence-electron chi connectivity index (χ3n) is 6.41. The van der Waals surface area contributed by atoms with E-state index in [0.717, 1.165) is 12.0 Å². The lowest BCUT2D eigenvalue weighted by Gasteiger charge is -2.34. The first-order valence-corrected chi connectivity index (χ1v) is 12.6. The first-order valence-electron chi connectivity index (χ1n) is 11.2. The maximum absolute atomic E-state index is 13.2. The van der Waals surface area contributed by atoms with Crippen molar-refractivity contribution < 1.29 is 22.4 Å². The van der Waals surface area contributed by atoms with Crippen molar-refractivity contribution in [3.8, 4) is 0 Å². The zero-order valence-corrected chi connectivity index (χ0v) is 19.4. The minimum atomic E-state index is -3.59. The summed E-state index contributed by atoms with van der Waals surface area (Å²) < 4.78 is 40.4. The van der Waals surface area contributed by atoms with Gasteiger partial charge in [-0.1, -0.05) is 17.7 Å². The monoisotopic (exact) mass is 473 g/mol. The van der Waals surface area contributed by atoms with Gasteiger partial charge in [-0.2, -0.15) is 4.31 Å². The second-order valence-electron chi connectivity index (χ2n) is 8.68. The summed E-state index contributed by atoms with van der Waals surface area (Å²) in [6.45, 7) is 2.95. The molecule has 1 N–H and O–H groups in total. The number of sulfonamides is 1. The molecular formula is C24H28FN3O4S. The van der Waals surface area contributed by atoms with E-state index in [1.165, 1.54) is 28.6 Å². The van der Waals surface area contributed by atoms with Gasteiger partial charge in [-0.05, 0) is 69.0 Å². The number of aryl methyl sites for hydroxylation is 1. The molecule has 176 valence electrons. The quantitative estimate of drug-likeness (QED) is 0.723. The Balaban J connectivity index is 1.37. The predicted molar refractivity (Wildman–Crippen MR) is 122 cm³/mol. The number of rotatable bonds is 5. The molecule has 7 nitrogen and oxygen atoms in total. The Bertz CT molecular complexity index is 1110. The number of benzene rings is 2. The molecule has 0 aromatic heterocycles. The van der Waals surface area contributed by atoms with Crippen molar-refractivity contribution in [3.63, 3.8) is 0 Å². The van der Waals surface area contributed by atoms with Crippen LogP contribution in [0.15, 0.2) is 53.4 Å². The van der Waals surface area contributed by atoms with Crippen LogP contribution in [0.2, 0.25) is 0 Å². The van der Waals surface area contributed by atoms with Crippen molar-refractivity contribution in [1.29, 1.82) is 0 Å². The van der Waals surface area contributed by atoms with Crippen molar-refractivity contribution >= 4 is 27.5 Å². The number of anilines is 1. The van der Waals surface area contributed by atoms with E-state index < -0.39 is 16.1 Å². The van der Waals surface area contributed by atoms with Crippen LogP contribution >= 0.6 is 0 Å². The number of nitrogens with zero attached hydrogens (tertiary/aromatic N) is 2. The summed E-state index contributed by atoms with van der Waals surface area (Å²) in [5, 5.41) is 2.76. The van der Waals surface area contributed by atoms with Crippen LogP contribution in [0, 0.1) is 18.7 Å². The summed E-state index contributed by atoms with van der Waals surface area (Å²) in [6.07, 6.45) is 2.15. The molecule has 2 fully saturated rings. The Morgan fingerprint density at radius 2 is 1.58 bits per heavy atom. The van der Waals surface area contributed by atoms with E-state index >= 15 is 0 Å². The van der Waals surface area contributed by atoms with E-state index in [4.69, 9.17) is 0 Å². The third-order valence-corrected chi connectivity index (χ3v) is 8.33. The summed E-state index contributed by atoms with van der Waals surface area (Å²) in [4.78, 5) is 27.9. The molecule has 2 aliphatic rings. The minimum Gasteiger partial charge on any atom is -0.330 e. The molecule has 2 heterocycles. The van der Waals surface area contributed by atoms with Gasteiger partial charge in [-0.3, -0.25) is 9.59 Å². The van der Waals surface area contributed by atoms with Crippen LogP contribution in [-0.2, 0) is 19.6 Å². The van der Waals surface area contributed by atoms with Crippen molar-refractivity contribution in [2.75, 3.05) is 25.0 Å². The normalized spacial score (nSPS) is 20.1. The molecule has 0 saturated carbocycles. The molecule has 1 atom stereocenters. The van der Waals surface area contributed by atoms with Gasteiger partial charge in [0.1, 0.15) is 11.9 Å². The molecule has 1 unspecified atom stereocenters. The molecule has 2 amide bonds. The second-order valence-corrected chi connectivity index (χ2v) is 10.6. The Kier molecular flexibility index (Phi) is 6.81. The van der Waals surface area contributed by atoms with Crippen LogP contribution in [-0.4, -0.2) is 55.1 Å². The van der Waals surface area contributed by atoms with Gasteiger partial charge in [0.05, 0.1) is 4.90 Å². The Labute approximate surface area is 193 Å². The summed E-state index contributed by atoms with van der Waals surface area (Å²) >= 11 is 0. The molecule has 0 radical (unpaired) electrons. The van der Waals surface area contributed by atoms with E-state index in [1.807, 2.05) is 6.92 Å². The molecule has 4 rings (SSSR count). The number of carbonyl (C=O) groups excluding carboxylic acids is 2. The lowest BCUT2D eigenvalue weighted by molar-refractivity contribution is -0.141. The first kappa shape index (κ1) is 23.4. The van der Waals surface area contributed by atoms with E-state index in [0.29, 0.717) is 31.5 Å². The molecule has 0 aliphatic carbocycles. The van der Waals surface area contributed by atoms with Crippen molar-refractivity contribution in [3.05, 3.63) is 59.9 Å². The zero-order chi connectivity index (χ0) is 23.6. The fourth-order valence-electron chi connectivity index (χ4n) is 4.50. The zero-order valence-electron chi connectivity index (χ0n) is 18.5. The number of hydrogen-bond acceptors (Lipinski definition) is 4. The van der Waals surface area contributed by atoms with Crippen molar-refractivity contribution in [2.45, 2.75) is 43.5 Å². The van der Waals surface area contributed by atoms with Crippen LogP contribution in [0.5, 0.6) is 0 Å². The SMILES string of the molecule is Cc1ccc(S(=O)(=O)N2CCC(C(=O)N3CCCC3C(=O)Nc3ccc(F)cc3)CC2)cc1. The van der Waals surface area contributed by atoms with Gasteiger partial charge >= 0.3 is 0 Å². The highest BCUT2D eigenvalue weighted by atomic mass is 32.2. The maximum atomic E-state index is 13.2. The van der Waals surface area contributed by atoms with Gasteiger partial charge in [-0.15, -0.1) is 0 Å². The summed E-state index contributed by atoms with van der Waals surface area (Å²) in [6, 6.07) is 11.7. The van der Waals surface area contributed by atoms with E-state index in [9.17, 15) is 22.4 Å². The Morgan fingerprint density at radius 3 is 2.21 bits per heavy atom. The number of carbonyl (C=O) groups is 2. The Morgan fingerprint density at radius 1 is 0.939 bits per heavy atom. The predicted octanol–water partition coefficient (Wildman–Crippen LogP) is 3.16. The molecule has 2 aromatic rings. The van der Waals surface area contributed by atoms with Gasteiger partial charge in [0.2, 0.25) is 21.8 Å². The van der Waals surface area contributed by atoms with Crippen LogP contribution in [0.4, 0.5) is 10.1 Å². The molecular weight excluding hydrogens is 445 g/mol. The number of likely N-dealkylation sites (tertiary alicyclic amines) is 1. The van der Waals surface area contributed by atoms with E-state index in [-0.39, 0.29) is 41.5 Å². The van der Waals surface area contributed by atoms with Crippen LogP contribution in [0.1, 0.15) is 31.2 Å². The fourth-order valence-corrected chi connectivity index (χ4v) is 5.97. The summed E-state index contributed by atoms with van der Waals surface area (Å²) in [5.41, 5.74) is 1.47. The summed E-state index contributed by atoms with van der Waals surface area (Å²) in [7, 11) is -3.59. The van der Waals surface area contributed by atoms with Crippen LogP contribution in [0.3, 0.4) is 0 Å². The maximum Gasteiger partial charge on any atom is 0.247 e. The molecule has 9 heteroatoms. The van der Waals surface area contributed by atoms with Gasteiger partial charge in [-0.25, -0.2) is 12.8 Å². The van der Waals surface area contributed by atoms with E-state index in [1.54, 1.807) is 29.2 Å². The number of amides is 2. The lowest BCUT2D eigenvalue weighted by Crippen LogP contribution is -2.48. The highest BCUT2D eigenvalue weighted by Crippen LogP contribution is 2.28. The van der Waals surface area contributed by atoms with Crippen molar-refractivity contribution in [1.82, 2.24) is 9.21 Å². The fraction of sp³-hybridized carbons (Fsp3) is 0.417. The Hall–Kier alpha value is -2.78. The van der Waals surface area contributed by atoms with Gasteiger partial charge in [0.25, 0.3) is 0 Å². The molecule has 0 bridgehead atoms. The average Bonchev–Trinajstić information content (AvgIpc) is 3.31. The lowest BCUT2D eigenvalue weighted by atomic mass is 9.96. The largest absolute Gasteiger partial charge is 0.330 e. The highest BCUT2D eigenvalue weighted by molar-refractivity contribution is 7.89. The van der Waals surface area contributed by atoms with Crippen LogP contribution in [0.25, 0.3) is 0 Å². The molecule has 2 saturated heterocycles. The minimum absolute atomic E-state index is 0.0980. The third kappa shape index (κ3) is 5.09. The van der Waals surface area contributed by atoms with Gasteiger partial charge in [0.15, 0.2) is 0 Å². The molecule has 2 aromatic carbocycles. The van der Waals surface area contributed by atoms with Gasteiger partial charge < -0.3 is 10.2 Å². The second kappa shape index (κ2) is 9.61. The van der Waals surface area contributed by atoms with E-state index in [2.05, 4.69) is 5.32 Å². The molecule has 33 heavy (non-hydrogen) atoms. The standard InChI is InChI=1S/C24H28FN3O4S/c1-17-4-10-21(11-5-17)33(31,32)27-15-12-18(13-16-27)24(30)28-14-2-3-22(28)23(29)26-20-8-6-19(25)7-9-20/h4-11,18,22H,2-3,12-16H2,1H3,(H,26,29). The highest BCUT2D eigenvalue weighted by Gasteiger charge is 2.39. The summed E-state index contributed by atoms with van der Waals surface area (Å²) in [5.74, 6) is -1.08. The smallest absolute Gasteiger partial charge is 0.247 e. The molecule has 2 aliphatic heterocycles. The number of piperidine rings is 1. The average molecular weight is 474 g/mol. The molecule has 0 spiro atoms. The number of hydrogen-bond donors (Lipinski definition) is 1. The number of halogens is 1.